The third-order valence-corrected chi connectivity index (χ3v) is 4.32. The summed E-state index contributed by atoms with van der Waals surface area (Å²) in [6.07, 6.45) is 3.22. The Bertz CT molecular complexity index is 829. The van der Waals surface area contributed by atoms with Gasteiger partial charge in [-0.15, -0.1) is 0 Å². The van der Waals surface area contributed by atoms with Crippen molar-refractivity contribution in [3.8, 4) is 5.69 Å². The minimum atomic E-state index is -0.215. The predicted octanol–water partition coefficient (Wildman–Crippen LogP) is 2.99. The second-order valence-corrected chi connectivity index (χ2v) is 6.02. The topological polar surface area (TPSA) is 37.2 Å². The molecule has 0 unspecified atom stereocenters. The van der Waals surface area contributed by atoms with Crippen LogP contribution in [0.25, 0.3) is 5.69 Å². The summed E-state index contributed by atoms with van der Waals surface area (Å²) >= 11 is 0. The third kappa shape index (κ3) is 2.76. The number of hydrogen-bond acceptors (Lipinski definition) is 4. The Kier molecular flexibility index (Phi) is 3.74. The molecule has 3 aromatic rings. The van der Waals surface area contributed by atoms with Gasteiger partial charge in [-0.2, -0.15) is 5.10 Å². The van der Waals surface area contributed by atoms with Gasteiger partial charge in [-0.1, -0.05) is 0 Å². The molecule has 1 aliphatic rings. The third-order valence-electron chi connectivity index (χ3n) is 4.32. The Balaban J connectivity index is 1.78. The number of rotatable bonds is 2. The minimum absolute atomic E-state index is 0.215. The Morgan fingerprint density at radius 1 is 1.00 bits per heavy atom. The van der Waals surface area contributed by atoms with Crippen LogP contribution in [0.3, 0.4) is 0 Å². The van der Waals surface area contributed by atoms with Gasteiger partial charge >= 0.3 is 0 Å². The van der Waals surface area contributed by atoms with E-state index in [9.17, 15) is 4.39 Å². The Morgan fingerprint density at radius 2 is 1.79 bits per heavy atom. The van der Waals surface area contributed by atoms with E-state index < -0.39 is 0 Å². The van der Waals surface area contributed by atoms with Gasteiger partial charge in [0.15, 0.2) is 0 Å². The van der Waals surface area contributed by atoms with E-state index in [4.69, 9.17) is 0 Å². The van der Waals surface area contributed by atoms with Crippen molar-refractivity contribution in [3.05, 3.63) is 66.5 Å². The van der Waals surface area contributed by atoms with Crippen molar-refractivity contribution in [3.63, 3.8) is 0 Å². The summed E-state index contributed by atoms with van der Waals surface area (Å²) in [6.45, 7) is 2.65. The first kappa shape index (κ1) is 14.8. The smallest absolute Gasteiger partial charge is 0.138 e. The van der Waals surface area contributed by atoms with Gasteiger partial charge in [0, 0.05) is 31.0 Å². The van der Waals surface area contributed by atoms with E-state index in [-0.39, 0.29) is 5.82 Å². The normalized spacial score (nSPS) is 15.2. The molecular weight excluding hydrogens is 305 g/mol. The highest BCUT2D eigenvalue weighted by Gasteiger charge is 2.20. The summed E-state index contributed by atoms with van der Waals surface area (Å²) in [5.41, 5.74) is 4.35. The second-order valence-electron chi connectivity index (χ2n) is 6.02. The first-order valence-corrected chi connectivity index (χ1v) is 7.90. The number of likely N-dealkylation sites (N-methyl/N-ethyl adjacent to an activating group) is 1. The molecule has 0 spiro atoms. The molecule has 0 atom stereocenters. The number of benzene rings is 2. The molecule has 0 amide bonds. The lowest BCUT2D eigenvalue weighted by Gasteiger charge is -2.25. The quantitative estimate of drug-likeness (QED) is 0.726. The van der Waals surface area contributed by atoms with Crippen molar-refractivity contribution in [2.45, 2.75) is 6.54 Å². The molecule has 0 aliphatic carbocycles. The molecule has 0 N–H and O–H groups in total. The van der Waals surface area contributed by atoms with Crippen LogP contribution in [0.1, 0.15) is 5.56 Å². The van der Waals surface area contributed by atoms with Crippen LogP contribution in [-0.4, -0.2) is 39.8 Å². The van der Waals surface area contributed by atoms with Crippen molar-refractivity contribution in [1.29, 1.82) is 0 Å². The number of fused-ring (bicyclic) bond motifs is 1. The zero-order valence-corrected chi connectivity index (χ0v) is 13.4. The zero-order valence-electron chi connectivity index (χ0n) is 13.4. The maximum absolute atomic E-state index is 13.3. The number of hydrogen-bond donors (Lipinski definition) is 0. The fourth-order valence-electron chi connectivity index (χ4n) is 3.10. The number of anilines is 2. The van der Waals surface area contributed by atoms with Crippen molar-refractivity contribution in [2.24, 2.45) is 0 Å². The van der Waals surface area contributed by atoms with Gasteiger partial charge in [-0.05, 0) is 55.1 Å². The van der Waals surface area contributed by atoms with Crippen LogP contribution in [0, 0.1) is 5.82 Å². The lowest BCUT2D eigenvalue weighted by Crippen LogP contribution is -2.26. The summed E-state index contributed by atoms with van der Waals surface area (Å²) < 4.78 is 15.0. The molecule has 4 rings (SSSR count). The maximum Gasteiger partial charge on any atom is 0.138 e. The lowest BCUT2D eigenvalue weighted by atomic mass is 10.1. The van der Waals surface area contributed by atoms with Gasteiger partial charge < -0.3 is 9.80 Å². The van der Waals surface area contributed by atoms with E-state index in [2.05, 4.69) is 39.1 Å². The van der Waals surface area contributed by atoms with E-state index in [1.54, 1.807) is 11.0 Å². The van der Waals surface area contributed by atoms with E-state index in [1.165, 1.54) is 24.0 Å². The molecule has 0 bridgehead atoms. The molecule has 0 saturated carbocycles. The first-order valence-electron chi connectivity index (χ1n) is 7.90. The summed E-state index contributed by atoms with van der Waals surface area (Å²) in [7, 11) is 2.11. The van der Waals surface area contributed by atoms with Gasteiger partial charge in [0.05, 0.1) is 5.69 Å². The van der Waals surface area contributed by atoms with Crippen molar-refractivity contribution < 1.29 is 4.39 Å². The Hall–Kier alpha value is -2.73. The summed E-state index contributed by atoms with van der Waals surface area (Å²) in [5, 5.41) is 4.20. The lowest BCUT2D eigenvalue weighted by molar-refractivity contribution is 0.343. The highest BCUT2D eigenvalue weighted by Crippen LogP contribution is 2.32. The van der Waals surface area contributed by atoms with Crippen LogP contribution >= 0.6 is 0 Å². The predicted molar refractivity (Wildman–Crippen MR) is 91.1 cm³/mol. The molecule has 2 aromatic carbocycles. The fourth-order valence-corrected chi connectivity index (χ4v) is 3.10. The molecule has 122 valence electrons. The average Bonchev–Trinajstić information content (AvgIpc) is 3.06. The highest BCUT2D eigenvalue weighted by molar-refractivity contribution is 5.68. The molecule has 1 aliphatic heterocycles. The van der Waals surface area contributed by atoms with Crippen molar-refractivity contribution in [2.75, 3.05) is 25.0 Å². The van der Waals surface area contributed by atoms with E-state index >= 15 is 0 Å². The monoisotopic (exact) mass is 323 g/mol. The van der Waals surface area contributed by atoms with Crippen LogP contribution in [0.2, 0.25) is 0 Å². The Labute approximate surface area is 140 Å². The van der Waals surface area contributed by atoms with Crippen LogP contribution in [0.15, 0.2) is 55.1 Å². The van der Waals surface area contributed by atoms with Gasteiger partial charge in [0.2, 0.25) is 0 Å². The molecular formula is C18H18FN5. The molecule has 0 radical (unpaired) electrons. The van der Waals surface area contributed by atoms with Gasteiger partial charge in [-0.25, -0.2) is 14.1 Å². The number of nitrogens with zero attached hydrogens (tertiary/aromatic N) is 5. The largest absolute Gasteiger partial charge is 0.340 e. The molecule has 0 saturated heterocycles. The van der Waals surface area contributed by atoms with Gasteiger partial charge in [-0.3, -0.25) is 0 Å². The van der Waals surface area contributed by atoms with Crippen molar-refractivity contribution >= 4 is 11.4 Å². The highest BCUT2D eigenvalue weighted by atomic mass is 19.1. The van der Waals surface area contributed by atoms with E-state index in [0.29, 0.717) is 0 Å². The summed E-state index contributed by atoms with van der Waals surface area (Å²) in [6, 6.07) is 13.0. The van der Waals surface area contributed by atoms with E-state index in [1.807, 2.05) is 18.2 Å². The zero-order chi connectivity index (χ0) is 16.5. The Morgan fingerprint density at radius 3 is 2.54 bits per heavy atom. The van der Waals surface area contributed by atoms with Gasteiger partial charge in [0.25, 0.3) is 0 Å². The SMILES string of the molecule is CN1CCN(c2ccc(F)cc2)c2ccc(-n3cncn3)cc2C1. The first-order chi connectivity index (χ1) is 11.7. The molecule has 24 heavy (non-hydrogen) atoms. The van der Waals surface area contributed by atoms with Crippen LogP contribution < -0.4 is 4.90 Å². The van der Waals surface area contributed by atoms with Crippen LogP contribution in [-0.2, 0) is 6.54 Å². The molecule has 0 fully saturated rings. The van der Waals surface area contributed by atoms with Crippen molar-refractivity contribution in [1.82, 2.24) is 19.7 Å². The second kappa shape index (κ2) is 6.05. The van der Waals surface area contributed by atoms with Crippen LogP contribution in [0.5, 0.6) is 0 Å². The number of halogens is 1. The summed E-state index contributed by atoms with van der Waals surface area (Å²) in [5.74, 6) is -0.215. The molecule has 5 nitrogen and oxygen atoms in total. The van der Waals surface area contributed by atoms with Gasteiger partial charge in [0.1, 0.15) is 18.5 Å². The fraction of sp³-hybridized carbons (Fsp3) is 0.222. The minimum Gasteiger partial charge on any atom is -0.340 e. The molecule has 1 aromatic heterocycles. The van der Waals surface area contributed by atoms with E-state index in [0.717, 1.165) is 36.7 Å². The average molecular weight is 323 g/mol. The molecule has 2 heterocycles. The molecule has 6 heteroatoms. The van der Waals surface area contributed by atoms with Crippen LogP contribution in [0.4, 0.5) is 15.8 Å². The number of aromatic nitrogens is 3. The maximum atomic E-state index is 13.3. The standard InChI is InChI=1S/C18H18FN5/c1-22-8-9-23(16-4-2-15(19)3-5-16)18-7-6-17(10-14(18)11-22)24-13-20-12-21-24/h2-7,10,12-13H,8-9,11H2,1H3. The summed E-state index contributed by atoms with van der Waals surface area (Å²) in [4.78, 5) is 8.54.